The highest BCUT2D eigenvalue weighted by molar-refractivity contribution is 7.92. The number of hydrogen-bond acceptors (Lipinski definition) is 5. The first-order valence-electron chi connectivity index (χ1n) is 11.9. The maximum absolute atomic E-state index is 12.6. The summed E-state index contributed by atoms with van der Waals surface area (Å²) in [7, 11) is -2.01. The van der Waals surface area contributed by atoms with Crippen molar-refractivity contribution in [2.45, 2.75) is 45.6 Å². The van der Waals surface area contributed by atoms with Gasteiger partial charge in [0, 0.05) is 31.7 Å². The maximum atomic E-state index is 12.6. The summed E-state index contributed by atoms with van der Waals surface area (Å²) in [6.45, 7) is 6.64. The van der Waals surface area contributed by atoms with Crippen molar-refractivity contribution in [3.8, 4) is 5.75 Å². The molecule has 2 aromatic carbocycles. The van der Waals surface area contributed by atoms with Gasteiger partial charge in [-0.3, -0.25) is 9.10 Å². The molecule has 0 radical (unpaired) electrons. The van der Waals surface area contributed by atoms with E-state index in [-0.39, 0.29) is 24.9 Å². The van der Waals surface area contributed by atoms with Crippen molar-refractivity contribution in [2.75, 3.05) is 42.2 Å². The molecule has 2 atom stereocenters. The zero-order valence-corrected chi connectivity index (χ0v) is 21.5. The number of methoxy groups -OCH3 is 1. The number of rotatable bonds is 10. The number of nitrogens with one attached hydrogen (secondary N) is 1. The molecule has 1 aliphatic rings. The summed E-state index contributed by atoms with van der Waals surface area (Å²) in [5.41, 5.74) is 2.75. The summed E-state index contributed by atoms with van der Waals surface area (Å²) in [5, 5.41) is 3.03. The first kappa shape index (κ1) is 25.9. The third-order valence-corrected chi connectivity index (χ3v) is 7.49. The SMILES string of the molecule is COc1ccccc1N(CCCC(=O)N[C@@H](C)c1ccc(N2CCC[C@@H](C)C2)cc1)S(C)(=O)=O. The lowest BCUT2D eigenvalue weighted by atomic mass is 9.99. The van der Waals surface area contributed by atoms with Gasteiger partial charge in [-0.05, 0) is 61.9 Å². The average molecular weight is 488 g/mol. The van der Waals surface area contributed by atoms with Crippen molar-refractivity contribution >= 4 is 27.3 Å². The summed E-state index contributed by atoms with van der Waals surface area (Å²) in [5.74, 6) is 1.09. The molecule has 0 spiro atoms. The topological polar surface area (TPSA) is 79.0 Å². The highest BCUT2D eigenvalue weighted by Gasteiger charge is 2.21. The van der Waals surface area contributed by atoms with E-state index in [0.29, 0.717) is 23.8 Å². The fraction of sp³-hybridized carbons (Fsp3) is 0.500. The Morgan fingerprint density at radius 2 is 1.91 bits per heavy atom. The number of anilines is 2. The molecule has 186 valence electrons. The van der Waals surface area contributed by atoms with Crippen LogP contribution < -0.4 is 19.3 Å². The number of nitrogens with zero attached hydrogens (tertiary/aromatic N) is 2. The zero-order valence-electron chi connectivity index (χ0n) is 20.7. The highest BCUT2D eigenvalue weighted by Crippen LogP contribution is 2.30. The third kappa shape index (κ3) is 6.88. The monoisotopic (exact) mass is 487 g/mol. The summed E-state index contributed by atoms with van der Waals surface area (Å²) < 4.78 is 31.3. The van der Waals surface area contributed by atoms with Gasteiger partial charge in [-0.1, -0.05) is 31.2 Å². The Bertz CT molecular complexity index is 1060. The van der Waals surface area contributed by atoms with Crippen LogP contribution >= 0.6 is 0 Å². The van der Waals surface area contributed by atoms with E-state index in [1.54, 1.807) is 24.3 Å². The third-order valence-electron chi connectivity index (χ3n) is 6.31. The van der Waals surface area contributed by atoms with Gasteiger partial charge in [0.15, 0.2) is 0 Å². The molecule has 0 unspecified atom stereocenters. The number of sulfonamides is 1. The van der Waals surface area contributed by atoms with Gasteiger partial charge in [0.25, 0.3) is 0 Å². The minimum absolute atomic E-state index is 0.102. The van der Waals surface area contributed by atoms with E-state index >= 15 is 0 Å². The van der Waals surface area contributed by atoms with Crippen LogP contribution in [0.1, 0.15) is 51.1 Å². The van der Waals surface area contributed by atoms with E-state index in [2.05, 4.69) is 41.4 Å². The zero-order chi connectivity index (χ0) is 24.7. The van der Waals surface area contributed by atoms with E-state index in [9.17, 15) is 13.2 Å². The van der Waals surface area contributed by atoms with Crippen molar-refractivity contribution in [3.05, 3.63) is 54.1 Å². The number of hydrogen-bond donors (Lipinski definition) is 1. The molecule has 1 aliphatic heterocycles. The molecular formula is C26H37N3O4S. The Kier molecular flexibility index (Phi) is 8.83. The number of benzene rings is 2. The largest absolute Gasteiger partial charge is 0.495 e. The second-order valence-corrected chi connectivity index (χ2v) is 11.1. The van der Waals surface area contributed by atoms with Crippen LogP contribution in [0.2, 0.25) is 0 Å². The van der Waals surface area contributed by atoms with Crippen LogP contribution in [-0.2, 0) is 14.8 Å². The molecule has 0 aromatic heterocycles. The molecule has 1 fully saturated rings. The van der Waals surface area contributed by atoms with Gasteiger partial charge in [0.05, 0.1) is 25.1 Å². The number of carbonyl (C=O) groups is 1. The van der Waals surface area contributed by atoms with E-state index in [0.717, 1.165) is 24.9 Å². The van der Waals surface area contributed by atoms with Crippen molar-refractivity contribution in [1.82, 2.24) is 5.32 Å². The molecule has 1 N–H and O–H groups in total. The predicted molar refractivity (Wildman–Crippen MR) is 138 cm³/mol. The lowest BCUT2D eigenvalue weighted by Gasteiger charge is -2.33. The fourth-order valence-corrected chi connectivity index (χ4v) is 5.45. The minimum Gasteiger partial charge on any atom is -0.495 e. The second kappa shape index (κ2) is 11.6. The predicted octanol–water partition coefficient (Wildman–Crippen LogP) is 4.36. The molecule has 3 rings (SSSR count). The minimum atomic E-state index is -3.51. The summed E-state index contributed by atoms with van der Waals surface area (Å²) in [6, 6.07) is 15.3. The first-order chi connectivity index (χ1) is 16.2. The summed E-state index contributed by atoms with van der Waals surface area (Å²) in [6.07, 6.45) is 4.31. The number of piperidine rings is 1. The molecule has 0 aliphatic carbocycles. The highest BCUT2D eigenvalue weighted by atomic mass is 32.2. The van der Waals surface area contributed by atoms with Crippen LogP contribution in [0.4, 0.5) is 11.4 Å². The smallest absolute Gasteiger partial charge is 0.232 e. The molecule has 1 amide bonds. The van der Waals surface area contributed by atoms with Crippen molar-refractivity contribution in [1.29, 1.82) is 0 Å². The van der Waals surface area contributed by atoms with Crippen LogP contribution in [0.25, 0.3) is 0 Å². The number of carbonyl (C=O) groups excluding carboxylic acids is 1. The van der Waals surface area contributed by atoms with Gasteiger partial charge in [-0.25, -0.2) is 8.42 Å². The number of amides is 1. The van der Waals surface area contributed by atoms with Gasteiger partial charge in [0.2, 0.25) is 15.9 Å². The van der Waals surface area contributed by atoms with Crippen LogP contribution in [0, 0.1) is 5.92 Å². The maximum Gasteiger partial charge on any atom is 0.232 e. The normalized spacial score (nSPS) is 17.2. The second-order valence-electron chi connectivity index (χ2n) is 9.18. The Labute approximate surface area is 204 Å². The fourth-order valence-electron chi connectivity index (χ4n) is 4.48. The van der Waals surface area contributed by atoms with Gasteiger partial charge in [-0.15, -0.1) is 0 Å². The molecule has 8 heteroatoms. The lowest BCUT2D eigenvalue weighted by molar-refractivity contribution is -0.121. The van der Waals surface area contributed by atoms with E-state index in [1.165, 1.54) is 29.9 Å². The van der Waals surface area contributed by atoms with Gasteiger partial charge >= 0.3 is 0 Å². The Hall–Kier alpha value is -2.74. The summed E-state index contributed by atoms with van der Waals surface area (Å²) in [4.78, 5) is 15.0. The van der Waals surface area contributed by atoms with Gasteiger partial charge < -0.3 is 15.0 Å². The van der Waals surface area contributed by atoms with Gasteiger partial charge in [-0.2, -0.15) is 0 Å². The van der Waals surface area contributed by atoms with E-state index < -0.39 is 10.0 Å². The molecule has 1 heterocycles. The van der Waals surface area contributed by atoms with Crippen LogP contribution in [0.15, 0.2) is 48.5 Å². The molecular weight excluding hydrogens is 450 g/mol. The molecule has 34 heavy (non-hydrogen) atoms. The van der Waals surface area contributed by atoms with Crippen LogP contribution in [0.5, 0.6) is 5.75 Å². The standard InChI is InChI=1S/C26H37N3O4S/c1-20-9-7-17-28(19-20)23-15-13-22(14-16-23)21(2)27-26(30)12-8-18-29(34(4,31)32)24-10-5-6-11-25(24)33-3/h5-6,10-11,13-16,20-21H,7-9,12,17-19H2,1-4H3,(H,27,30)/t20-,21+/m1/s1. The Morgan fingerprint density at radius 3 is 2.56 bits per heavy atom. The Balaban J connectivity index is 1.53. The molecule has 0 saturated carbocycles. The quantitative estimate of drug-likeness (QED) is 0.539. The van der Waals surface area contributed by atoms with E-state index in [4.69, 9.17) is 4.74 Å². The van der Waals surface area contributed by atoms with Crippen LogP contribution in [0.3, 0.4) is 0 Å². The van der Waals surface area contributed by atoms with Crippen molar-refractivity contribution < 1.29 is 17.9 Å². The first-order valence-corrected chi connectivity index (χ1v) is 13.8. The van der Waals surface area contributed by atoms with Crippen molar-refractivity contribution in [3.63, 3.8) is 0 Å². The molecule has 2 aromatic rings. The number of ether oxygens (including phenoxy) is 1. The van der Waals surface area contributed by atoms with Gasteiger partial charge in [0.1, 0.15) is 5.75 Å². The molecule has 0 bridgehead atoms. The van der Waals surface area contributed by atoms with Crippen LogP contribution in [-0.4, -0.2) is 47.3 Å². The molecule has 7 nitrogen and oxygen atoms in total. The van der Waals surface area contributed by atoms with E-state index in [1.807, 2.05) is 6.92 Å². The average Bonchev–Trinajstić information content (AvgIpc) is 2.81. The molecule has 1 saturated heterocycles. The Morgan fingerprint density at radius 1 is 1.21 bits per heavy atom. The lowest BCUT2D eigenvalue weighted by Crippen LogP contribution is -2.34. The summed E-state index contributed by atoms with van der Waals surface area (Å²) >= 11 is 0. The van der Waals surface area contributed by atoms with Crippen molar-refractivity contribution in [2.24, 2.45) is 5.92 Å². The number of para-hydroxylation sites is 2.